The molecule has 0 spiro atoms. The van der Waals surface area contributed by atoms with Gasteiger partial charge in [-0.3, -0.25) is 4.79 Å². The van der Waals surface area contributed by atoms with E-state index in [0.29, 0.717) is 0 Å². The van der Waals surface area contributed by atoms with Crippen molar-refractivity contribution in [1.29, 1.82) is 0 Å². The van der Waals surface area contributed by atoms with Crippen LogP contribution in [0.2, 0.25) is 0 Å². The molecule has 1 unspecified atom stereocenters. The molecule has 0 saturated carbocycles. The van der Waals surface area contributed by atoms with Crippen LogP contribution in [0.3, 0.4) is 0 Å². The Morgan fingerprint density at radius 3 is 2.43 bits per heavy atom. The molecule has 0 amide bonds. The minimum Gasteiger partial charge on any atom is -0.466 e. The van der Waals surface area contributed by atoms with Crippen LogP contribution in [0.25, 0.3) is 0 Å². The van der Waals surface area contributed by atoms with Gasteiger partial charge in [-0.25, -0.2) is 0 Å². The Morgan fingerprint density at radius 1 is 1.43 bits per heavy atom. The summed E-state index contributed by atoms with van der Waals surface area (Å²) in [5, 5.41) is 0. The predicted octanol–water partition coefficient (Wildman–Crippen LogP) is 1.91. The third kappa shape index (κ3) is 7.85. The minimum atomic E-state index is -4.36. The number of carbonyl (C=O) groups excluding carboxylic acids is 1. The molecule has 6 heteroatoms. The highest BCUT2D eigenvalue weighted by atomic mass is 19.4. The molecule has 0 N–H and O–H groups in total. The molecule has 0 radical (unpaired) electrons. The monoisotopic (exact) mass is 214 g/mol. The predicted molar refractivity (Wildman–Crippen MR) is 42.7 cm³/mol. The van der Waals surface area contributed by atoms with Crippen LogP contribution < -0.4 is 0 Å². The fraction of sp³-hybridized carbons (Fsp3) is 0.875. The van der Waals surface area contributed by atoms with Crippen molar-refractivity contribution in [3.05, 3.63) is 0 Å². The van der Waals surface area contributed by atoms with E-state index in [1.807, 2.05) is 0 Å². The first-order valence-electron chi connectivity index (χ1n) is 4.19. The molecule has 0 aromatic rings. The lowest BCUT2D eigenvalue weighted by atomic mass is 10.3. The van der Waals surface area contributed by atoms with Gasteiger partial charge in [0.15, 0.2) is 0 Å². The van der Waals surface area contributed by atoms with E-state index in [4.69, 9.17) is 0 Å². The first kappa shape index (κ1) is 13.2. The quantitative estimate of drug-likeness (QED) is 0.656. The van der Waals surface area contributed by atoms with Crippen molar-refractivity contribution in [3.63, 3.8) is 0 Å². The maximum atomic E-state index is 11.7. The topological polar surface area (TPSA) is 35.5 Å². The lowest BCUT2D eigenvalue weighted by molar-refractivity contribution is -0.186. The molecule has 3 nitrogen and oxygen atoms in total. The molecule has 0 aromatic heterocycles. The van der Waals surface area contributed by atoms with E-state index in [0.717, 1.165) is 0 Å². The molecular weight excluding hydrogens is 201 g/mol. The zero-order chi connectivity index (χ0) is 11.2. The van der Waals surface area contributed by atoms with Gasteiger partial charge in [0.05, 0.1) is 19.1 Å². The van der Waals surface area contributed by atoms with E-state index in [9.17, 15) is 18.0 Å². The van der Waals surface area contributed by atoms with Crippen molar-refractivity contribution in [2.45, 2.75) is 32.5 Å². The second-order valence-electron chi connectivity index (χ2n) is 2.75. The molecule has 0 bridgehead atoms. The molecule has 0 saturated heterocycles. The smallest absolute Gasteiger partial charge is 0.411 e. The zero-order valence-electron chi connectivity index (χ0n) is 8.06. The number of carbonyl (C=O) groups is 1. The zero-order valence-corrected chi connectivity index (χ0v) is 8.06. The number of alkyl halides is 3. The van der Waals surface area contributed by atoms with Gasteiger partial charge >= 0.3 is 12.1 Å². The van der Waals surface area contributed by atoms with Gasteiger partial charge in [-0.2, -0.15) is 13.2 Å². The summed E-state index contributed by atoms with van der Waals surface area (Å²) in [6.45, 7) is 1.89. The summed E-state index contributed by atoms with van der Waals surface area (Å²) in [7, 11) is 0. The van der Waals surface area contributed by atoms with E-state index in [1.165, 1.54) is 6.92 Å². The van der Waals surface area contributed by atoms with Gasteiger partial charge in [0, 0.05) is 0 Å². The number of ether oxygens (including phenoxy) is 2. The Kier molecular flexibility index (Phi) is 5.52. The normalized spacial score (nSPS) is 13.8. The number of hydrogen-bond acceptors (Lipinski definition) is 3. The summed E-state index contributed by atoms with van der Waals surface area (Å²) in [5.41, 5.74) is 0. The second kappa shape index (κ2) is 5.85. The average Bonchev–Trinajstić information content (AvgIpc) is 2.00. The van der Waals surface area contributed by atoms with E-state index in [1.54, 1.807) is 6.92 Å². The number of rotatable bonds is 5. The first-order valence-corrected chi connectivity index (χ1v) is 4.19. The highest BCUT2D eigenvalue weighted by molar-refractivity contribution is 5.69. The van der Waals surface area contributed by atoms with Crippen LogP contribution in [-0.4, -0.2) is 31.5 Å². The lowest BCUT2D eigenvalue weighted by Gasteiger charge is -2.13. The van der Waals surface area contributed by atoms with Gasteiger partial charge < -0.3 is 9.47 Å². The van der Waals surface area contributed by atoms with E-state index < -0.39 is 24.9 Å². The van der Waals surface area contributed by atoms with Gasteiger partial charge in [-0.1, -0.05) is 0 Å². The Balaban J connectivity index is 3.65. The van der Waals surface area contributed by atoms with Crippen molar-refractivity contribution in [2.24, 2.45) is 0 Å². The van der Waals surface area contributed by atoms with Crippen LogP contribution in [0.4, 0.5) is 13.2 Å². The van der Waals surface area contributed by atoms with Crippen LogP contribution in [-0.2, 0) is 14.3 Å². The van der Waals surface area contributed by atoms with Crippen LogP contribution in [0.5, 0.6) is 0 Å². The standard InChI is InChI=1S/C8H13F3O3/c1-3-13-7(12)4-6(2)14-5-8(9,10)11/h6H,3-5H2,1-2H3. The van der Waals surface area contributed by atoms with Crippen LogP contribution >= 0.6 is 0 Å². The summed E-state index contributed by atoms with van der Waals surface area (Å²) in [6, 6.07) is 0. The Hall–Kier alpha value is -0.780. The van der Waals surface area contributed by atoms with Crippen molar-refractivity contribution >= 4 is 5.97 Å². The number of esters is 1. The largest absolute Gasteiger partial charge is 0.466 e. The van der Waals surface area contributed by atoms with Gasteiger partial charge in [0.25, 0.3) is 0 Å². The molecule has 0 fully saturated rings. The fourth-order valence-electron chi connectivity index (χ4n) is 0.750. The van der Waals surface area contributed by atoms with Gasteiger partial charge in [-0.05, 0) is 13.8 Å². The number of hydrogen-bond donors (Lipinski definition) is 0. The summed E-state index contributed by atoms with van der Waals surface area (Å²) >= 11 is 0. The van der Waals surface area contributed by atoms with E-state index >= 15 is 0 Å². The van der Waals surface area contributed by atoms with Crippen molar-refractivity contribution in [2.75, 3.05) is 13.2 Å². The van der Waals surface area contributed by atoms with Gasteiger partial charge in [-0.15, -0.1) is 0 Å². The maximum absolute atomic E-state index is 11.7. The minimum absolute atomic E-state index is 0.163. The Morgan fingerprint density at radius 2 is 2.00 bits per heavy atom. The van der Waals surface area contributed by atoms with Crippen molar-refractivity contribution in [3.8, 4) is 0 Å². The number of halogens is 3. The SMILES string of the molecule is CCOC(=O)CC(C)OCC(F)(F)F. The fourth-order valence-corrected chi connectivity index (χ4v) is 0.750. The summed E-state index contributed by atoms with van der Waals surface area (Å²) in [4.78, 5) is 10.8. The molecule has 0 rings (SSSR count). The molecule has 84 valence electrons. The first-order chi connectivity index (χ1) is 6.35. The maximum Gasteiger partial charge on any atom is 0.411 e. The average molecular weight is 214 g/mol. The Labute approximate surface area is 80.2 Å². The molecule has 0 aromatic carbocycles. The molecular formula is C8H13F3O3. The van der Waals surface area contributed by atoms with Gasteiger partial charge in [0.1, 0.15) is 6.61 Å². The van der Waals surface area contributed by atoms with Crippen LogP contribution in [0.1, 0.15) is 20.3 Å². The third-order valence-electron chi connectivity index (χ3n) is 1.29. The van der Waals surface area contributed by atoms with Gasteiger partial charge in [0.2, 0.25) is 0 Å². The molecule has 14 heavy (non-hydrogen) atoms. The molecule has 0 aliphatic carbocycles. The Bertz CT molecular complexity index is 179. The van der Waals surface area contributed by atoms with E-state index in [-0.39, 0.29) is 13.0 Å². The molecule has 0 aliphatic rings. The lowest BCUT2D eigenvalue weighted by Crippen LogP contribution is -2.24. The summed E-state index contributed by atoms with van der Waals surface area (Å²) in [5.74, 6) is -0.554. The second-order valence-corrected chi connectivity index (χ2v) is 2.75. The van der Waals surface area contributed by atoms with Crippen molar-refractivity contribution < 1.29 is 27.4 Å². The summed E-state index contributed by atoms with van der Waals surface area (Å²) < 4.78 is 43.9. The summed E-state index contributed by atoms with van der Waals surface area (Å²) in [6.07, 6.45) is -5.30. The van der Waals surface area contributed by atoms with Crippen LogP contribution in [0, 0.1) is 0 Å². The highest BCUT2D eigenvalue weighted by Gasteiger charge is 2.28. The highest BCUT2D eigenvalue weighted by Crippen LogP contribution is 2.16. The van der Waals surface area contributed by atoms with Crippen LogP contribution in [0.15, 0.2) is 0 Å². The van der Waals surface area contributed by atoms with E-state index in [2.05, 4.69) is 9.47 Å². The third-order valence-corrected chi connectivity index (χ3v) is 1.29. The van der Waals surface area contributed by atoms with Crippen molar-refractivity contribution in [1.82, 2.24) is 0 Å². The molecule has 0 heterocycles. The molecule has 1 atom stereocenters. The molecule has 0 aliphatic heterocycles.